The number of rotatable bonds is 0. The first-order valence-corrected chi connectivity index (χ1v) is 5.93. The molecule has 2 heteroatoms. The molecule has 1 aromatic heterocycles. The second-order valence-electron chi connectivity index (χ2n) is 4.63. The average Bonchev–Trinajstić information content (AvgIpc) is 2.30. The van der Waals surface area contributed by atoms with Crippen LogP contribution in [-0.4, -0.2) is 0 Å². The van der Waals surface area contributed by atoms with Crippen molar-refractivity contribution in [3.63, 3.8) is 0 Å². The monoisotopic (exact) mass is 226 g/mol. The molecule has 1 aliphatic rings. The number of hydrogen-bond acceptors (Lipinski definition) is 1. The third-order valence-electron chi connectivity index (χ3n) is 3.42. The highest BCUT2D eigenvalue weighted by atomic mass is 16.5. The Morgan fingerprint density at radius 1 is 1.18 bits per heavy atom. The van der Waals surface area contributed by atoms with Crippen molar-refractivity contribution in [3.8, 4) is 17.0 Å². The Balaban J connectivity index is 2.39. The van der Waals surface area contributed by atoms with E-state index >= 15 is 0 Å². The zero-order valence-electron chi connectivity index (χ0n) is 10.4. The molecule has 0 bridgehead atoms. The standard InChI is InChI=1S/C15H16NO/c1-10-6-4-8-13-14(10)15-12(11(2)17-13)7-5-9-16(15)3/h4-9,11H,1-3H3/q+1. The van der Waals surface area contributed by atoms with Gasteiger partial charge in [-0.2, -0.15) is 0 Å². The summed E-state index contributed by atoms with van der Waals surface area (Å²) in [4.78, 5) is 0. The Bertz CT molecular complexity index is 589. The summed E-state index contributed by atoms with van der Waals surface area (Å²) in [5, 5.41) is 0. The van der Waals surface area contributed by atoms with Crippen LogP contribution >= 0.6 is 0 Å². The predicted molar refractivity (Wildman–Crippen MR) is 66.8 cm³/mol. The molecule has 1 aliphatic heterocycles. The van der Waals surface area contributed by atoms with E-state index in [0.717, 1.165) is 5.75 Å². The van der Waals surface area contributed by atoms with Gasteiger partial charge in [0, 0.05) is 6.07 Å². The Kier molecular flexibility index (Phi) is 2.18. The Morgan fingerprint density at radius 2 is 2.00 bits per heavy atom. The van der Waals surface area contributed by atoms with E-state index in [-0.39, 0.29) is 6.10 Å². The molecule has 0 radical (unpaired) electrons. The summed E-state index contributed by atoms with van der Waals surface area (Å²) in [7, 11) is 2.09. The fraction of sp³-hybridized carbons (Fsp3) is 0.267. The molecule has 1 atom stereocenters. The minimum absolute atomic E-state index is 0.117. The van der Waals surface area contributed by atoms with Crippen LogP contribution < -0.4 is 9.30 Å². The quantitative estimate of drug-likeness (QED) is 0.629. The van der Waals surface area contributed by atoms with Crippen LogP contribution in [0.15, 0.2) is 36.5 Å². The average molecular weight is 226 g/mol. The molecule has 0 saturated heterocycles. The lowest BCUT2D eigenvalue weighted by molar-refractivity contribution is -0.661. The van der Waals surface area contributed by atoms with Crippen molar-refractivity contribution in [2.24, 2.45) is 7.05 Å². The maximum Gasteiger partial charge on any atom is 0.223 e. The number of aromatic nitrogens is 1. The van der Waals surface area contributed by atoms with E-state index < -0.39 is 0 Å². The maximum atomic E-state index is 5.98. The topological polar surface area (TPSA) is 13.1 Å². The van der Waals surface area contributed by atoms with E-state index in [1.165, 1.54) is 22.4 Å². The summed E-state index contributed by atoms with van der Waals surface area (Å²) in [6.45, 7) is 4.24. The molecule has 86 valence electrons. The summed E-state index contributed by atoms with van der Waals surface area (Å²) >= 11 is 0. The molecule has 17 heavy (non-hydrogen) atoms. The van der Waals surface area contributed by atoms with Crippen LogP contribution in [0.4, 0.5) is 0 Å². The first-order chi connectivity index (χ1) is 8.18. The molecule has 2 aromatic rings. The SMILES string of the molecule is Cc1cccc2c1-c1c(ccc[n+]1C)C(C)O2. The van der Waals surface area contributed by atoms with E-state index in [9.17, 15) is 0 Å². The lowest BCUT2D eigenvalue weighted by atomic mass is 9.95. The highest BCUT2D eigenvalue weighted by molar-refractivity contribution is 5.73. The number of pyridine rings is 1. The van der Waals surface area contributed by atoms with Gasteiger partial charge in [-0.1, -0.05) is 12.1 Å². The largest absolute Gasteiger partial charge is 0.485 e. The zero-order chi connectivity index (χ0) is 12.0. The van der Waals surface area contributed by atoms with Crippen LogP contribution in [0.25, 0.3) is 11.3 Å². The summed E-state index contributed by atoms with van der Waals surface area (Å²) in [6.07, 6.45) is 2.21. The van der Waals surface area contributed by atoms with Gasteiger partial charge in [0.1, 0.15) is 18.9 Å². The number of fused-ring (bicyclic) bond motifs is 3. The van der Waals surface area contributed by atoms with Crippen molar-refractivity contribution >= 4 is 0 Å². The molecule has 3 rings (SSSR count). The summed E-state index contributed by atoms with van der Waals surface area (Å²) < 4.78 is 8.16. The number of nitrogens with zero attached hydrogens (tertiary/aromatic N) is 1. The van der Waals surface area contributed by atoms with Crippen LogP contribution in [0.5, 0.6) is 5.75 Å². The van der Waals surface area contributed by atoms with Crippen molar-refractivity contribution in [3.05, 3.63) is 47.7 Å². The lowest BCUT2D eigenvalue weighted by Crippen LogP contribution is -2.34. The highest BCUT2D eigenvalue weighted by Gasteiger charge is 2.30. The number of benzene rings is 1. The molecule has 0 saturated carbocycles. The highest BCUT2D eigenvalue weighted by Crippen LogP contribution is 2.41. The Labute approximate surface area is 101 Å². The number of hydrogen-bond donors (Lipinski definition) is 0. The van der Waals surface area contributed by atoms with Crippen molar-refractivity contribution in [2.75, 3.05) is 0 Å². The van der Waals surface area contributed by atoms with E-state index in [1.54, 1.807) is 0 Å². The molecule has 1 aromatic carbocycles. The second kappa shape index (κ2) is 3.59. The maximum absolute atomic E-state index is 5.98. The van der Waals surface area contributed by atoms with Gasteiger partial charge in [0.05, 0.1) is 11.1 Å². The first-order valence-electron chi connectivity index (χ1n) is 5.93. The molecule has 1 unspecified atom stereocenters. The van der Waals surface area contributed by atoms with Gasteiger partial charge < -0.3 is 4.74 Å². The van der Waals surface area contributed by atoms with Crippen LogP contribution in [0.2, 0.25) is 0 Å². The second-order valence-corrected chi connectivity index (χ2v) is 4.63. The molecule has 0 spiro atoms. The number of aryl methyl sites for hydroxylation is 2. The van der Waals surface area contributed by atoms with Crippen molar-refractivity contribution < 1.29 is 9.30 Å². The number of ether oxygens (including phenoxy) is 1. The van der Waals surface area contributed by atoms with Gasteiger partial charge >= 0.3 is 0 Å². The van der Waals surface area contributed by atoms with Gasteiger partial charge in [-0.15, -0.1) is 0 Å². The third-order valence-corrected chi connectivity index (χ3v) is 3.42. The molecule has 0 aliphatic carbocycles. The van der Waals surface area contributed by atoms with Crippen molar-refractivity contribution in [2.45, 2.75) is 20.0 Å². The fourth-order valence-electron chi connectivity index (χ4n) is 2.58. The molecular weight excluding hydrogens is 210 g/mol. The molecule has 0 amide bonds. The summed E-state index contributed by atoms with van der Waals surface area (Å²) in [5.41, 5.74) is 5.03. The molecule has 2 heterocycles. The van der Waals surface area contributed by atoms with Crippen molar-refractivity contribution in [1.82, 2.24) is 0 Å². The van der Waals surface area contributed by atoms with Gasteiger partial charge in [-0.3, -0.25) is 0 Å². The third kappa shape index (κ3) is 1.44. The minimum atomic E-state index is 0.117. The smallest absolute Gasteiger partial charge is 0.223 e. The van der Waals surface area contributed by atoms with E-state index in [0.29, 0.717) is 0 Å². The Morgan fingerprint density at radius 3 is 2.82 bits per heavy atom. The molecule has 2 nitrogen and oxygen atoms in total. The van der Waals surface area contributed by atoms with Crippen LogP contribution in [-0.2, 0) is 7.05 Å². The van der Waals surface area contributed by atoms with Crippen LogP contribution in [0, 0.1) is 6.92 Å². The van der Waals surface area contributed by atoms with Gasteiger partial charge in [-0.25, -0.2) is 4.57 Å². The van der Waals surface area contributed by atoms with E-state index in [1.807, 2.05) is 0 Å². The van der Waals surface area contributed by atoms with Crippen molar-refractivity contribution in [1.29, 1.82) is 0 Å². The molecular formula is C15H16NO+. The molecule has 0 fully saturated rings. The molecule has 0 N–H and O–H groups in total. The van der Waals surface area contributed by atoms with Gasteiger partial charge in [0.25, 0.3) is 0 Å². The predicted octanol–water partition coefficient (Wildman–Crippen LogP) is 2.94. The van der Waals surface area contributed by atoms with Crippen LogP contribution in [0.1, 0.15) is 24.2 Å². The summed E-state index contributed by atoms with van der Waals surface area (Å²) in [5.74, 6) is 0.992. The van der Waals surface area contributed by atoms with Gasteiger partial charge in [-0.05, 0) is 31.5 Å². The van der Waals surface area contributed by atoms with Gasteiger partial charge in [0.15, 0.2) is 6.20 Å². The van der Waals surface area contributed by atoms with E-state index in [2.05, 4.69) is 62.0 Å². The fourth-order valence-corrected chi connectivity index (χ4v) is 2.58. The van der Waals surface area contributed by atoms with Gasteiger partial charge in [0.2, 0.25) is 5.69 Å². The van der Waals surface area contributed by atoms with E-state index in [4.69, 9.17) is 4.74 Å². The first kappa shape index (κ1) is 10.3. The lowest BCUT2D eigenvalue weighted by Gasteiger charge is -2.24. The normalized spacial score (nSPS) is 17.0. The summed E-state index contributed by atoms with van der Waals surface area (Å²) in [6, 6.07) is 10.5. The van der Waals surface area contributed by atoms with Crippen LogP contribution in [0.3, 0.4) is 0 Å². The zero-order valence-corrected chi connectivity index (χ0v) is 10.4. The minimum Gasteiger partial charge on any atom is -0.485 e. The Hall–Kier alpha value is -1.83.